The smallest absolute Gasteiger partial charge is 0.272 e. The molecule has 4 nitrogen and oxygen atoms in total. The number of halogens is 4. The number of hydrogen-bond acceptors (Lipinski definition) is 4. The van der Waals surface area contributed by atoms with E-state index in [1.54, 1.807) is 0 Å². The molecule has 1 atom stereocenters. The number of carbonyl (C=O) groups is 1. The fourth-order valence-corrected chi connectivity index (χ4v) is 3.66. The van der Waals surface area contributed by atoms with Gasteiger partial charge < -0.3 is 5.32 Å². The molecule has 0 spiro atoms. The molecule has 0 bridgehead atoms. The van der Waals surface area contributed by atoms with Gasteiger partial charge in [0.15, 0.2) is 0 Å². The monoisotopic (exact) mass is 397 g/mol. The number of nitrogens with zero attached hydrogens (tertiary/aromatic N) is 2. The van der Waals surface area contributed by atoms with Gasteiger partial charge in [0.05, 0.1) is 31.8 Å². The van der Waals surface area contributed by atoms with Gasteiger partial charge in [-0.1, -0.05) is 46.4 Å². The highest BCUT2D eigenvalue weighted by atomic mass is 35.5. The summed E-state index contributed by atoms with van der Waals surface area (Å²) in [5.74, 6) is -0.483. The summed E-state index contributed by atoms with van der Waals surface area (Å²) in [7, 11) is 0. The van der Waals surface area contributed by atoms with Crippen LogP contribution in [0.15, 0.2) is 0 Å². The minimum Gasteiger partial charge on any atom is -0.343 e. The first-order chi connectivity index (χ1) is 10.2. The first kappa shape index (κ1) is 17.8. The number of nitrogens with one attached hydrogen (secondary N) is 1. The lowest BCUT2D eigenvalue weighted by Crippen LogP contribution is -2.27. The number of hydrogen-bond donors (Lipinski definition) is 1. The number of rotatable bonds is 3. The van der Waals surface area contributed by atoms with E-state index in [0.717, 1.165) is 15.6 Å². The molecule has 1 amide bonds. The van der Waals surface area contributed by atoms with Gasteiger partial charge in [-0.25, -0.2) is 9.97 Å². The van der Waals surface area contributed by atoms with Gasteiger partial charge in [-0.15, -0.1) is 11.3 Å². The molecule has 22 heavy (non-hydrogen) atoms. The zero-order chi connectivity index (χ0) is 16.6. The van der Waals surface area contributed by atoms with Crippen LogP contribution in [0.2, 0.25) is 20.2 Å². The molecule has 0 aliphatic heterocycles. The third kappa shape index (κ3) is 3.49. The molecule has 2 rings (SSSR count). The summed E-state index contributed by atoms with van der Waals surface area (Å²) in [5, 5.41) is 3.66. The van der Waals surface area contributed by atoms with Gasteiger partial charge in [0.2, 0.25) is 0 Å². The maximum Gasteiger partial charge on any atom is 0.272 e. The molecule has 0 aliphatic rings. The summed E-state index contributed by atoms with van der Waals surface area (Å²) in [5.41, 5.74) is 0.813. The summed E-state index contributed by atoms with van der Waals surface area (Å²) in [4.78, 5) is 21.6. The Morgan fingerprint density at radius 1 is 1.09 bits per heavy atom. The van der Waals surface area contributed by atoms with Crippen LogP contribution in [0.3, 0.4) is 0 Å². The maximum atomic E-state index is 12.3. The average molecular weight is 399 g/mol. The fraction of sp³-hybridized carbons (Fsp3) is 0.308. The molecule has 118 valence electrons. The Hall–Kier alpha value is -0.590. The number of pyridine rings is 1. The number of aromatic nitrogens is 2. The molecule has 9 heteroatoms. The average Bonchev–Trinajstić information content (AvgIpc) is 2.79. The SMILES string of the molecule is Cc1nc(C)c([C@H](C)NC(=O)c2nc(Cl)c(Cl)c(Cl)c2Cl)s1. The molecule has 0 aliphatic carbocycles. The van der Waals surface area contributed by atoms with Crippen molar-refractivity contribution in [2.45, 2.75) is 26.8 Å². The predicted molar refractivity (Wildman–Crippen MR) is 91.7 cm³/mol. The molecule has 0 saturated heterocycles. The van der Waals surface area contributed by atoms with Gasteiger partial charge in [0.1, 0.15) is 10.8 Å². The lowest BCUT2D eigenvalue weighted by Gasteiger charge is -2.14. The molecule has 1 N–H and O–H groups in total. The van der Waals surface area contributed by atoms with E-state index in [-0.39, 0.29) is 32.0 Å². The first-order valence-corrected chi connectivity index (χ1v) is 8.50. The number of thiazole rings is 1. The van der Waals surface area contributed by atoms with Crippen molar-refractivity contribution in [2.75, 3.05) is 0 Å². The van der Waals surface area contributed by atoms with Gasteiger partial charge in [0.25, 0.3) is 5.91 Å². The highest BCUT2D eigenvalue weighted by Crippen LogP contribution is 2.36. The molecule has 0 fully saturated rings. The van der Waals surface area contributed by atoms with E-state index in [1.807, 2.05) is 20.8 Å². The molecule has 0 aromatic carbocycles. The van der Waals surface area contributed by atoms with Gasteiger partial charge in [-0.2, -0.15) is 0 Å². The van der Waals surface area contributed by atoms with Crippen molar-refractivity contribution >= 4 is 63.6 Å². The van der Waals surface area contributed by atoms with Crippen LogP contribution in [-0.4, -0.2) is 15.9 Å². The van der Waals surface area contributed by atoms with Crippen LogP contribution in [0.5, 0.6) is 0 Å². The number of carbonyl (C=O) groups excluding carboxylic acids is 1. The standard InChI is InChI=1S/C13H11Cl4N3OS/c1-4-11(22-6(3)18-4)5(2)19-13(21)10-8(15)7(14)9(16)12(17)20-10/h5H,1-3H3,(H,19,21)/t5-/m0/s1. The van der Waals surface area contributed by atoms with Crippen molar-refractivity contribution < 1.29 is 4.79 Å². The molecular formula is C13H11Cl4N3OS. The molecule has 2 aromatic rings. The third-order valence-corrected chi connectivity index (χ3v) is 5.81. The van der Waals surface area contributed by atoms with Crippen molar-refractivity contribution in [1.82, 2.24) is 15.3 Å². The second-order valence-electron chi connectivity index (χ2n) is 4.57. The van der Waals surface area contributed by atoms with E-state index in [4.69, 9.17) is 46.4 Å². The summed E-state index contributed by atoms with van der Waals surface area (Å²) in [6.07, 6.45) is 0. The number of aryl methyl sites for hydroxylation is 2. The van der Waals surface area contributed by atoms with Crippen LogP contribution in [0, 0.1) is 13.8 Å². The normalized spacial score (nSPS) is 12.3. The Balaban J connectivity index is 2.28. The largest absolute Gasteiger partial charge is 0.343 e. The Bertz CT molecular complexity index is 747. The molecular weight excluding hydrogens is 388 g/mol. The highest BCUT2D eigenvalue weighted by Gasteiger charge is 2.23. The van der Waals surface area contributed by atoms with Crippen molar-refractivity contribution in [3.63, 3.8) is 0 Å². The van der Waals surface area contributed by atoms with Gasteiger partial charge in [-0.05, 0) is 20.8 Å². The Morgan fingerprint density at radius 2 is 1.73 bits per heavy atom. The minimum atomic E-state index is -0.483. The van der Waals surface area contributed by atoms with Gasteiger partial charge in [0, 0.05) is 4.88 Å². The summed E-state index contributed by atoms with van der Waals surface area (Å²) in [6, 6.07) is -0.246. The van der Waals surface area contributed by atoms with E-state index in [2.05, 4.69) is 15.3 Å². The number of amides is 1. The lowest BCUT2D eigenvalue weighted by atomic mass is 10.2. The Kier molecular flexibility index (Phi) is 5.56. The summed E-state index contributed by atoms with van der Waals surface area (Å²) >= 11 is 25.2. The van der Waals surface area contributed by atoms with Gasteiger partial charge >= 0.3 is 0 Å². The summed E-state index contributed by atoms with van der Waals surface area (Å²) < 4.78 is 0. The van der Waals surface area contributed by atoms with Crippen LogP contribution in [0.1, 0.15) is 39.0 Å². The molecule has 2 aromatic heterocycles. The third-order valence-electron chi connectivity index (χ3n) is 2.88. The van der Waals surface area contributed by atoms with Gasteiger partial charge in [-0.3, -0.25) is 4.79 Å². The van der Waals surface area contributed by atoms with Crippen LogP contribution >= 0.6 is 57.7 Å². The fourth-order valence-electron chi connectivity index (χ4n) is 1.92. The molecule has 2 heterocycles. The van der Waals surface area contributed by atoms with E-state index < -0.39 is 5.91 Å². The second-order valence-corrected chi connectivity index (χ2v) is 7.30. The van der Waals surface area contributed by atoms with Crippen LogP contribution in [0.25, 0.3) is 0 Å². The van der Waals surface area contributed by atoms with Crippen LogP contribution in [0.4, 0.5) is 0 Å². The van der Waals surface area contributed by atoms with Crippen molar-refractivity contribution in [2.24, 2.45) is 0 Å². The summed E-state index contributed by atoms with van der Waals surface area (Å²) in [6.45, 7) is 5.65. The van der Waals surface area contributed by atoms with Crippen molar-refractivity contribution in [3.8, 4) is 0 Å². The van der Waals surface area contributed by atoms with E-state index in [1.165, 1.54) is 11.3 Å². The highest BCUT2D eigenvalue weighted by molar-refractivity contribution is 7.11. The van der Waals surface area contributed by atoms with E-state index >= 15 is 0 Å². The molecule has 0 saturated carbocycles. The van der Waals surface area contributed by atoms with Crippen LogP contribution in [-0.2, 0) is 0 Å². The second kappa shape index (κ2) is 6.89. The maximum absolute atomic E-state index is 12.3. The van der Waals surface area contributed by atoms with Crippen molar-refractivity contribution in [3.05, 3.63) is 41.5 Å². The molecule has 0 radical (unpaired) electrons. The lowest BCUT2D eigenvalue weighted by molar-refractivity contribution is 0.0935. The zero-order valence-corrected chi connectivity index (χ0v) is 15.6. The van der Waals surface area contributed by atoms with Crippen molar-refractivity contribution in [1.29, 1.82) is 0 Å². The minimum absolute atomic E-state index is 0.00551. The first-order valence-electron chi connectivity index (χ1n) is 6.17. The quantitative estimate of drug-likeness (QED) is 0.717. The van der Waals surface area contributed by atoms with E-state index in [9.17, 15) is 4.79 Å². The van der Waals surface area contributed by atoms with Crippen LogP contribution < -0.4 is 5.32 Å². The molecule has 0 unspecified atom stereocenters. The Labute approximate surface area is 151 Å². The topological polar surface area (TPSA) is 54.9 Å². The zero-order valence-electron chi connectivity index (χ0n) is 11.8. The van der Waals surface area contributed by atoms with E-state index in [0.29, 0.717) is 0 Å². The predicted octanol–water partition coefficient (Wildman–Crippen LogP) is 5.26. The Morgan fingerprint density at radius 3 is 2.27 bits per heavy atom.